The maximum Gasteiger partial charge on any atom is 1.00 e. The molecule has 0 radical (unpaired) electrons. The van der Waals surface area contributed by atoms with Gasteiger partial charge in [0.25, 0.3) is 0 Å². The minimum atomic E-state index is -4.64. The second kappa shape index (κ2) is 72.7. The van der Waals surface area contributed by atoms with Gasteiger partial charge >= 0.3 is 80.0 Å². The Hall–Kier alpha value is -10.7. The van der Waals surface area contributed by atoms with Gasteiger partial charge in [-0.25, -0.2) is 58.6 Å². The third-order valence-corrected chi connectivity index (χ3v) is 22.4. The number of aryl methyl sites for hydroxylation is 8. The van der Waals surface area contributed by atoms with Gasteiger partial charge in [-0.1, -0.05) is 33.1 Å². The number of Topliss-reactive ketones (excluding diaryl/α,β-unsaturated/α-hetero) is 2. The van der Waals surface area contributed by atoms with Crippen molar-refractivity contribution in [2.75, 3.05) is 109 Å². The number of imide groups is 1. The number of nitrogens with two attached hydrogens (primary N) is 2. The van der Waals surface area contributed by atoms with Crippen molar-refractivity contribution in [2.45, 2.75) is 333 Å². The molecule has 150 heavy (non-hydrogen) atoms. The fraction of sp³-hybridized carbons (Fsp3) is 0.619. The molecule has 0 aromatic carbocycles. The van der Waals surface area contributed by atoms with Crippen LogP contribution in [0.5, 0.6) is 0 Å². The quantitative estimate of drug-likeness (QED) is 0.00451. The Morgan fingerprint density at radius 1 is 0.473 bits per heavy atom. The van der Waals surface area contributed by atoms with E-state index in [0.717, 1.165) is 174 Å². The van der Waals surface area contributed by atoms with Gasteiger partial charge in [-0.3, -0.25) is 38.3 Å². The number of ether oxygens (including phenoxy) is 7. The molecule has 4 aliphatic heterocycles. The van der Waals surface area contributed by atoms with Crippen LogP contribution in [0.4, 0.5) is 59.4 Å². The average molecular weight is 2170 g/mol. The first kappa shape index (κ1) is 143. The van der Waals surface area contributed by atoms with E-state index in [0.29, 0.717) is 63.7 Å². The Labute approximate surface area is 907 Å². The summed E-state index contributed by atoms with van der Waals surface area (Å²) in [5, 5.41) is 18.5. The summed E-state index contributed by atoms with van der Waals surface area (Å²) >= 11 is 0. The van der Waals surface area contributed by atoms with E-state index in [-0.39, 0.29) is 104 Å². The Bertz CT molecular complexity index is 5150. The van der Waals surface area contributed by atoms with Crippen molar-refractivity contribution >= 4 is 116 Å². The van der Waals surface area contributed by atoms with Crippen molar-refractivity contribution in [3.05, 3.63) is 136 Å². The fourth-order valence-electron chi connectivity index (χ4n) is 13.0. The molecule has 0 saturated carbocycles. The Balaban J connectivity index is -0.00000163. The molecule has 39 nitrogen and oxygen atoms in total. The van der Waals surface area contributed by atoms with E-state index < -0.39 is 85.3 Å². The van der Waals surface area contributed by atoms with Crippen molar-refractivity contribution in [2.24, 2.45) is 5.73 Å². The second-order valence-corrected chi connectivity index (χ2v) is 46.4. The van der Waals surface area contributed by atoms with E-state index in [1.165, 1.54) is 67.2 Å². The standard InChI is InChI=1S/C17H26NO4P.C16H25N3O2.C16H21N3O2.C12H24NO4P.C11H17N3.C10H18O5.C9H15NO3.C6H6N2O.C4H7NO.C2HF3O.2CH4.Na.H2O/c1-21-23(20,22-2)13-16(19)9-5-4-8-15-12-11-14-7-3-6-10-17(14)18-15;2*1-16(2,3)21-15(20)18-11-5-7-13-9-8-12-6-4-10-17-14(12)19-13;1-12(2,3)17-11(15)13-8-6-7-10(14)9-18(4,5)16;12-7-1-4-10-6-5-9-3-2-8-13-11(9)14-10;1-9(2,3)14-7(11)13-8(12)15-10(4,5)6;1-9(2,3)13-8(12)10-6-4-5-7(10)11;7-6-5(4-9)2-1-3-8-6;6-4-2-1-3-5-4;3-2(4,5)1-6;;;;/h11-12H,3-10,13H2,1-2H3;8-9H,4-7,10-11H2,1-3H3,(H,17,19)(H,18,20);4,6,8-10H,5,7,11H2,1-3H3,(H,18,20);6-9H2,1-5H3,(H,13,15);5-6H,1-4,7-8,12H2,(H,13,14);1-6H3;4-6H2,1-3H3;1-4H,(H2,7,8);1-3H2,(H,5,6);1H;2*1H4;;1H2/q;;;;;;;;;;;;+1;/p-1. The maximum atomic E-state index is 11.9. The van der Waals surface area contributed by atoms with Crippen LogP contribution < -0.4 is 72.9 Å². The molecule has 0 bridgehead atoms. The van der Waals surface area contributed by atoms with Crippen molar-refractivity contribution in [1.82, 2.24) is 56.1 Å². The van der Waals surface area contributed by atoms with E-state index in [4.69, 9.17) is 58.7 Å². The number of likely N-dealkylation sites (tertiary alicyclic amines) is 1. The number of aromatic nitrogens is 6. The molecule has 45 heteroatoms. The zero-order valence-corrected chi connectivity index (χ0v) is 94.7. The van der Waals surface area contributed by atoms with Gasteiger partial charge in [0.05, 0.1) is 18.9 Å². The molecule has 5 aliphatic rings. The molecule has 840 valence electrons. The summed E-state index contributed by atoms with van der Waals surface area (Å²) in [5.41, 5.74) is 18.2. The number of halogens is 3. The van der Waals surface area contributed by atoms with Crippen LogP contribution >= 0.6 is 14.7 Å². The van der Waals surface area contributed by atoms with Gasteiger partial charge in [0, 0.05) is 132 Å². The first-order chi connectivity index (χ1) is 68.0. The van der Waals surface area contributed by atoms with Gasteiger partial charge in [-0.15, -0.1) is 0 Å². The normalized spacial score (nSPS) is 13.1. The Morgan fingerprint density at radius 2 is 0.880 bits per heavy atom. The second-order valence-electron chi connectivity index (χ2n) is 40.7. The first-order valence-corrected chi connectivity index (χ1v) is 53.7. The molecule has 10 heterocycles. The number of hydrogen-bond acceptors (Lipinski definition) is 34. The molecule has 11 N–H and O–H groups in total. The summed E-state index contributed by atoms with van der Waals surface area (Å²) in [6.45, 7) is 40.8. The molecule has 0 spiro atoms. The Morgan fingerprint density at radius 3 is 1.29 bits per heavy atom. The molecule has 1 aliphatic carbocycles. The summed E-state index contributed by atoms with van der Waals surface area (Å²) in [4.78, 5) is 159. The summed E-state index contributed by atoms with van der Waals surface area (Å²) < 4.78 is 98.4. The number of aldehydes is 2. The molecule has 0 atom stereocenters. The zero-order chi connectivity index (χ0) is 110. The minimum absolute atomic E-state index is 0. The smallest absolute Gasteiger partial charge is 0.870 e. The molecule has 11 rings (SSSR count). The summed E-state index contributed by atoms with van der Waals surface area (Å²) in [6, 6.07) is 24.1. The van der Waals surface area contributed by atoms with Gasteiger partial charge in [-0.05, 0) is 344 Å². The van der Waals surface area contributed by atoms with Crippen LogP contribution in [0.25, 0.3) is 11.0 Å². The number of carbonyl (C=O) groups is 12. The van der Waals surface area contributed by atoms with E-state index in [1.54, 1.807) is 121 Å². The number of pyridine rings is 6. The largest absolute Gasteiger partial charge is 1.00 e. The monoisotopic (exact) mass is 2170 g/mol. The minimum Gasteiger partial charge on any atom is -0.870 e. The summed E-state index contributed by atoms with van der Waals surface area (Å²) in [7, 11) is -2.89. The van der Waals surface area contributed by atoms with Gasteiger partial charge in [-0.2, -0.15) is 13.2 Å². The first-order valence-electron chi connectivity index (χ1n) is 49.2. The zero-order valence-electron chi connectivity index (χ0n) is 90.9. The number of unbranched alkanes of at least 4 members (excludes halogenated alkanes) is 1. The molecular formula is C105H169F3N15NaO24P2. The van der Waals surface area contributed by atoms with Crippen LogP contribution in [0.3, 0.4) is 0 Å². The predicted octanol–water partition coefficient (Wildman–Crippen LogP) is 17.2. The number of alkyl halides is 3. The molecule has 2 saturated heterocycles. The number of hydrogen-bond donors (Lipinski definition) is 8. The molecule has 6 aromatic heterocycles. The topological polar surface area (TPSA) is 557 Å². The maximum absolute atomic E-state index is 11.9. The number of fused-ring (bicyclic) bond motifs is 4. The van der Waals surface area contributed by atoms with Crippen LogP contribution in [0.1, 0.15) is 298 Å². The SMILES string of the molecule is C.C.CC(C)(C)OC(=O)N1CCCC1=O.CC(C)(C)OC(=O)NCCCC(=O)CP(C)(C)=O.CC(C)(C)OC(=O)NCCCc1ccc2c(n1)NCCC2.CC(C)(C)OC(=O)NCCCc1ccc2cccnc2n1.CC(C)(C)OC(=O)OC(=O)OC(C)(C)C.COP(=O)(CC(=O)CCCCc1ccc2c(n1)CCCC2)OC.NCCCc1ccc2c(n1)NCCC2.Nc1ncccc1C=O.O=C1CCCN1.O=CC(F)(F)F.[Na+].[OH-]. The van der Waals surface area contributed by atoms with Crippen LogP contribution in [-0.4, -0.2) is 245 Å². The average Bonchev–Trinajstić information content (AvgIpc) is 1.13. The number of rotatable bonds is 27. The summed E-state index contributed by atoms with van der Waals surface area (Å²) in [5.74, 6) is 2.38. The number of alkyl carbamates (subject to hydrolysis) is 3. The number of nitrogen functional groups attached to an aromatic ring is 1. The van der Waals surface area contributed by atoms with Crippen LogP contribution in [0.2, 0.25) is 0 Å². The fourth-order valence-corrected chi connectivity index (χ4v) is 15.0. The molecule has 6 aromatic rings. The van der Waals surface area contributed by atoms with Gasteiger partial charge in [0.15, 0.2) is 11.9 Å². The van der Waals surface area contributed by atoms with E-state index in [9.17, 15) is 75.0 Å². The van der Waals surface area contributed by atoms with Gasteiger partial charge < -0.3 is 95.6 Å². The number of anilines is 3. The summed E-state index contributed by atoms with van der Waals surface area (Å²) in [6.07, 6.45) is 15.9. The van der Waals surface area contributed by atoms with E-state index in [1.807, 2.05) is 65.8 Å². The van der Waals surface area contributed by atoms with Crippen molar-refractivity contribution < 1.29 is 157 Å². The number of carbonyl (C=O) groups excluding carboxylic acids is 12. The van der Waals surface area contributed by atoms with Crippen molar-refractivity contribution in [1.29, 1.82) is 0 Å². The third kappa shape index (κ3) is 71.9. The Kier molecular flexibility index (Phi) is 69.5. The molecule has 0 unspecified atom stereocenters. The van der Waals surface area contributed by atoms with Crippen molar-refractivity contribution in [3.8, 4) is 0 Å². The van der Waals surface area contributed by atoms with Crippen molar-refractivity contribution in [3.63, 3.8) is 0 Å². The predicted molar refractivity (Wildman–Crippen MR) is 571 cm³/mol. The number of nitrogens with zero attached hydrogens (tertiary/aromatic N) is 7. The van der Waals surface area contributed by atoms with Crippen LogP contribution in [0.15, 0.2) is 85.2 Å². The van der Waals surface area contributed by atoms with Crippen LogP contribution in [-0.2, 0) is 127 Å². The third-order valence-electron chi connectivity index (χ3n) is 19.4. The number of nitrogens with one attached hydrogen (secondary N) is 6. The number of ketones is 2. The number of amides is 6. The molecule has 6 amide bonds. The van der Waals surface area contributed by atoms with E-state index in [2.05, 4.69) is 98.0 Å². The molecular weight excluding hydrogens is 2000 g/mol. The van der Waals surface area contributed by atoms with Gasteiger partial charge in [0.1, 0.15) is 68.8 Å². The van der Waals surface area contributed by atoms with E-state index >= 15 is 0 Å². The van der Waals surface area contributed by atoms with Gasteiger partial charge in [0.2, 0.25) is 18.1 Å². The molecule has 2 fully saturated rings. The van der Waals surface area contributed by atoms with Crippen LogP contribution in [0, 0.1) is 0 Å².